The van der Waals surface area contributed by atoms with Gasteiger partial charge in [-0.2, -0.15) is 0 Å². The van der Waals surface area contributed by atoms with Crippen LogP contribution in [0.25, 0.3) is 0 Å². The lowest BCUT2D eigenvalue weighted by Gasteiger charge is -2.28. The summed E-state index contributed by atoms with van der Waals surface area (Å²) in [5.41, 5.74) is 8.18. The summed E-state index contributed by atoms with van der Waals surface area (Å²) in [6.45, 7) is 6.96. The van der Waals surface area contributed by atoms with Gasteiger partial charge in [0.1, 0.15) is 0 Å². The van der Waals surface area contributed by atoms with Gasteiger partial charge in [-0.1, -0.05) is 30.3 Å². The van der Waals surface area contributed by atoms with Crippen molar-refractivity contribution in [2.24, 2.45) is 5.73 Å². The first kappa shape index (κ1) is 15.2. The standard InChI is InChI=1S/C16H23N3S/c1-13(16-12-20-14(2)18-16)19(10-6-9-17)11-15-7-4-3-5-8-15/h3-5,7-8,12-13H,6,9-11,17H2,1-2H3. The molecule has 0 bridgehead atoms. The number of aromatic nitrogens is 1. The van der Waals surface area contributed by atoms with Crippen molar-refractivity contribution in [3.63, 3.8) is 0 Å². The van der Waals surface area contributed by atoms with E-state index in [9.17, 15) is 0 Å². The van der Waals surface area contributed by atoms with Crippen LogP contribution in [0.4, 0.5) is 0 Å². The molecule has 0 saturated heterocycles. The van der Waals surface area contributed by atoms with Gasteiger partial charge in [-0.05, 0) is 32.4 Å². The van der Waals surface area contributed by atoms with Crippen molar-refractivity contribution in [1.29, 1.82) is 0 Å². The third kappa shape index (κ3) is 4.13. The Morgan fingerprint density at radius 2 is 2.05 bits per heavy atom. The van der Waals surface area contributed by atoms with Crippen molar-refractivity contribution in [1.82, 2.24) is 9.88 Å². The molecule has 1 atom stereocenters. The molecule has 3 nitrogen and oxygen atoms in total. The molecule has 2 aromatic rings. The predicted octanol–water partition coefficient (Wildman–Crippen LogP) is 3.36. The van der Waals surface area contributed by atoms with Crippen molar-refractivity contribution in [2.75, 3.05) is 13.1 Å². The molecule has 1 aromatic carbocycles. The SMILES string of the molecule is Cc1nc(C(C)N(CCCN)Cc2ccccc2)cs1. The number of nitrogens with zero attached hydrogens (tertiary/aromatic N) is 2. The van der Waals surface area contributed by atoms with E-state index in [2.05, 4.69) is 59.4 Å². The van der Waals surface area contributed by atoms with Crippen LogP contribution in [0.5, 0.6) is 0 Å². The summed E-state index contributed by atoms with van der Waals surface area (Å²) in [6.07, 6.45) is 1.01. The molecule has 0 radical (unpaired) electrons. The molecule has 0 aliphatic carbocycles. The zero-order valence-corrected chi connectivity index (χ0v) is 13.1. The Morgan fingerprint density at radius 3 is 2.65 bits per heavy atom. The molecule has 0 aliphatic heterocycles. The van der Waals surface area contributed by atoms with Crippen molar-refractivity contribution >= 4 is 11.3 Å². The quantitative estimate of drug-likeness (QED) is 0.850. The molecule has 0 aliphatic rings. The first-order chi connectivity index (χ1) is 9.70. The van der Waals surface area contributed by atoms with Gasteiger partial charge >= 0.3 is 0 Å². The number of hydrogen-bond acceptors (Lipinski definition) is 4. The minimum absolute atomic E-state index is 0.326. The highest BCUT2D eigenvalue weighted by atomic mass is 32.1. The lowest BCUT2D eigenvalue weighted by molar-refractivity contribution is 0.197. The summed E-state index contributed by atoms with van der Waals surface area (Å²) in [4.78, 5) is 7.08. The largest absolute Gasteiger partial charge is 0.330 e. The summed E-state index contributed by atoms with van der Waals surface area (Å²) in [6, 6.07) is 10.9. The van der Waals surface area contributed by atoms with E-state index in [1.54, 1.807) is 11.3 Å². The van der Waals surface area contributed by atoms with E-state index >= 15 is 0 Å². The fraction of sp³-hybridized carbons (Fsp3) is 0.438. The van der Waals surface area contributed by atoms with Crippen LogP contribution in [-0.4, -0.2) is 23.0 Å². The minimum Gasteiger partial charge on any atom is -0.330 e. The van der Waals surface area contributed by atoms with Crippen LogP contribution in [0.1, 0.15) is 35.7 Å². The summed E-state index contributed by atoms with van der Waals surface area (Å²) in [5, 5.41) is 3.30. The van der Waals surface area contributed by atoms with Crippen LogP contribution >= 0.6 is 11.3 Å². The molecule has 0 fully saturated rings. The van der Waals surface area contributed by atoms with Gasteiger partial charge in [-0.15, -0.1) is 11.3 Å². The lowest BCUT2D eigenvalue weighted by Crippen LogP contribution is -2.29. The second-order valence-electron chi connectivity index (χ2n) is 5.07. The van der Waals surface area contributed by atoms with Gasteiger partial charge in [-0.25, -0.2) is 4.98 Å². The second kappa shape index (κ2) is 7.53. The van der Waals surface area contributed by atoms with Crippen LogP contribution in [-0.2, 0) is 6.54 Å². The average molecular weight is 289 g/mol. The Labute approximate surface area is 125 Å². The Bertz CT molecular complexity index is 509. The van der Waals surface area contributed by atoms with E-state index in [4.69, 9.17) is 5.73 Å². The molecule has 4 heteroatoms. The number of nitrogens with two attached hydrogens (primary N) is 1. The van der Waals surface area contributed by atoms with E-state index < -0.39 is 0 Å². The monoisotopic (exact) mass is 289 g/mol. The van der Waals surface area contributed by atoms with Gasteiger partial charge in [0.25, 0.3) is 0 Å². The van der Waals surface area contributed by atoms with Gasteiger partial charge in [0.15, 0.2) is 0 Å². The first-order valence-electron chi connectivity index (χ1n) is 7.10. The third-order valence-electron chi connectivity index (χ3n) is 3.49. The van der Waals surface area contributed by atoms with Gasteiger partial charge < -0.3 is 5.73 Å². The van der Waals surface area contributed by atoms with E-state index in [0.717, 1.165) is 31.1 Å². The van der Waals surface area contributed by atoms with Crippen LogP contribution in [0.3, 0.4) is 0 Å². The number of benzene rings is 1. The fourth-order valence-electron chi connectivity index (χ4n) is 2.28. The summed E-state index contributed by atoms with van der Waals surface area (Å²) in [5.74, 6) is 0. The number of hydrogen-bond donors (Lipinski definition) is 1. The van der Waals surface area contributed by atoms with Gasteiger partial charge in [-0.3, -0.25) is 4.90 Å². The second-order valence-corrected chi connectivity index (χ2v) is 6.13. The van der Waals surface area contributed by atoms with E-state index in [1.807, 2.05) is 0 Å². The number of thiazole rings is 1. The highest BCUT2D eigenvalue weighted by Gasteiger charge is 2.17. The van der Waals surface area contributed by atoms with Gasteiger partial charge in [0.05, 0.1) is 16.7 Å². The molecule has 2 rings (SSSR count). The molecule has 0 saturated carbocycles. The summed E-state index contributed by atoms with van der Waals surface area (Å²) < 4.78 is 0. The van der Waals surface area contributed by atoms with Gasteiger partial charge in [0, 0.05) is 18.5 Å². The Kier molecular flexibility index (Phi) is 5.71. The molecule has 2 N–H and O–H groups in total. The average Bonchev–Trinajstić information content (AvgIpc) is 2.90. The van der Waals surface area contributed by atoms with E-state index in [1.165, 1.54) is 11.3 Å². The molecule has 1 heterocycles. The molecule has 20 heavy (non-hydrogen) atoms. The Balaban J connectivity index is 2.10. The Hall–Kier alpha value is -1.23. The third-order valence-corrected chi connectivity index (χ3v) is 4.28. The van der Waals surface area contributed by atoms with E-state index in [-0.39, 0.29) is 0 Å². The molecule has 0 amide bonds. The molecule has 1 unspecified atom stereocenters. The maximum atomic E-state index is 5.67. The Morgan fingerprint density at radius 1 is 1.30 bits per heavy atom. The molecule has 108 valence electrons. The summed E-state index contributed by atoms with van der Waals surface area (Å²) >= 11 is 1.72. The smallest absolute Gasteiger partial charge is 0.0898 e. The van der Waals surface area contributed by atoms with E-state index in [0.29, 0.717) is 6.04 Å². The van der Waals surface area contributed by atoms with Crippen molar-refractivity contribution in [2.45, 2.75) is 32.9 Å². The van der Waals surface area contributed by atoms with Crippen molar-refractivity contribution in [3.05, 3.63) is 52.0 Å². The van der Waals surface area contributed by atoms with Gasteiger partial charge in [0.2, 0.25) is 0 Å². The zero-order valence-electron chi connectivity index (χ0n) is 12.2. The lowest BCUT2D eigenvalue weighted by atomic mass is 10.1. The molecular weight excluding hydrogens is 266 g/mol. The number of rotatable bonds is 7. The zero-order chi connectivity index (χ0) is 14.4. The minimum atomic E-state index is 0.326. The van der Waals surface area contributed by atoms with Crippen LogP contribution < -0.4 is 5.73 Å². The van der Waals surface area contributed by atoms with Crippen LogP contribution in [0.15, 0.2) is 35.7 Å². The van der Waals surface area contributed by atoms with Crippen LogP contribution in [0, 0.1) is 6.92 Å². The molecular formula is C16H23N3S. The maximum Gasteiger partial charge on any atom is 0.0898 e. The summed E-state index contributed by atoms with van der Waals surface area (Å²) in [7, 11) is 0. The van der Waals surface area contributed by atoms with Crippen molar-refractivity contribution in [3.8, 4) is 0 Å². The predicted molar refractivity (Wildman–Crippen MR) is 85.8 cm³/mol. The first-order valence-corrected chi connectivity index (χ1v) is 7.98. The fourth-order valence-corrected chi connectivity index (χ4v) is 2.98. The normalized spacial score (nSPS) is 12.8. The molecule has 1 aromatic heterocycles. The highest BCUT2D eigenvalue weighted by Crippen LogP contribution is 2.23. The molecule has 0 spiro atoms. The van der Waals surface area contributed by atoms with Crippen LogP contribution in [0.2, 0.25) is 0 Å². The van der Waals surface area contributed by atoms with Crippen molar-refractivity contribution < 1.29 is 0 Å². The number of aryl methyl sites for hydroxylation is 1. The maximum absolute atomic E-state index is 5.67. The topological polar surface area (TPSA) is 42.2 Å². The highest BCUT2D eigenvalue weighted by molar-refractivity contribution is 7.09.